The van der Waals surface area contributed by atoms with Crippen LogP contribution in [0.5, 0.6) is 0 Å². The molecule has 0 saturated carbocycles. The van der Waals surface area contributed by atoms with E-state index in [1.54, 1.807) is 0 Å². The summed E-state index contributed by atoms with van der Waals surface area (Å²) in [5.41, 5.74) is 5.12. The molecule has 0 unspecified atom stereocenters. The van der Waals surface area contributed by atoms with Gasteiger partial charge in [-0.2, -0.15) is 0 Å². The first-order valence-electron chi connectivity index (χ1n) is 0.530. The summed E-state index contributed by atoms with van der Waals surface area (Å²) in [4.78, 5) is 0. The summed E-state index contributed by atoms with van der Waals surface area (Å²) < 4.78 is 0. The Hall–Kier alpha value is 1.87. The Morgan fingerprint density at radius 1 is 2.00 bits per heavy atom. The van der Waals surface area contributed by atoms with E-state index in [1.807, 2.05) is 0 Å². The van der Waals surface area contributed by atoms with Gasteiger partial charge in [0.15, 0.2) is 0 Å². The number of thiol groups is 1. The van der Waals surface area contributed by atoms with Crippen LogP contribution in [0.4, 0.5) is 0 Å². The molecular formula is HBI2S. The summed E-state index contributed by atoms with van der Waals surface area (Å²) in [5.74, 6) is 0. The molecule has 0 aromatic heterocycles. The van der Waals surface area contributed by atoms with Gasteiger partial charge in [0.05, 0.1) is 0 Å². The van der Waals surface area contributed by atoms with Crippen LogP contribution >= 0.6 is 42.7 Å². The van der Waals surface area contributed by atoms with E-state index < -0.39 is 14.2 Å². The molecule has 4 heavy (non-hydrogen) atoms. The van der Waals surface area contributed by atoms with E-state index in [0.29, 0.717) is 0 Å². The van der Waals surface area contributed by atoms with Crippen LogP contribution < -0.4 is 0 Å². The van der Waals surface area contributed by atoms with Crippen LogP contribution in [0.25, 0.3) is 0 Å². The molecule has 0 nitrogen and oxygen atoms in total. The average molecular weight is 298 g/mol. The molecular weight excluding hydrogens is 297 g/mol. The van der Waals surface area contributed by atoms with Crippen LogP contribution in [0.15, 0.2) is 0 Å². The zero-order valence-electron chi connectivity index (χ0n) is 1.78. The summed E-state index contributed by atoms with van der Waals surface area (Å²) in [7, 11) is 3.89. The van der Waals surface area contributed by atoms with Crippen molar-refractivity contribution in [2.75, 3.05) is 0 Å². The van der Waals surface area contributed by atoms with Crippen LogP contribution in [0.1, 0.15) is 0 Å². The molecule has 0 bridgehead atoms. The molecule has 0 N–H and O–H groups in total. The van der Waals surface area contributed by atoms with Crippen molar-refractivity contribution in [3.8, 4) is 0 Å². The number of rotatable bonds is 0. The molecule has 0 aliphatic heterocycles. The molecule has 0 rings (SSSR count). The zero-order valence-corrected chi connectivity index (χ0v) is 6.99. The van der Waals surface area contributed by atoms with E-state index in [2.05, 4.69) is 28.4 Å². The van der Waals surface area contributed by atoms with Crippen LogP contribution in [0.3, 0.4) is 0 Å². The minimum absolute atomic E-state index is 1.10. The molecule has 0 aliphatic carbocycles. The second-order valence-corrected chi connectivity index (χ2v) is 14.3. The third kappa shape index (κ3) is 9.11. The van der Waals surface area contributed by atoms with E-state index in [0.717, 1.165) is 0 Å². The SMILES string of the molecule is [B]I(S)I. The molecule has 0 atom stereocenters. The van der Waals surface area contributed by atoms with E-state index in [1.165, 1.54) is 0 Å². The second-order valence-electron chi connectivity index (χ2n) is 0.244. The van der Waals surface area contributed by atoms with Crippen LogP contribution in [-0.4, -0.2) is 5.70 Å². The van der Waals surface area contributed by atoms with Gasteiger partial charge in [-0.25, -0.2) is 0 Å². The van der Waals surface area contributed by atoms with Crippen LogP contribution in [-0.2, 0) is 0 Å². The molecule has 0 fully saturated rings. The van der Waals surface area contributed by atoms with Gasteiger partial charge in [0.2, 0.25) is 0 Å². The number of hydrogen-bond donors (Lipinski definition) is 1. The predicted octanol–water partition coefficient (Wildman–Crippen LogP) is 1.77. The maximum absolute atomic E-state index is 5.12. The van der Waals surface area contributed by atoms with Crippen molar-refractivity contribution in [1.82, 2.24) is 0 Å². The third-order valence-electron chi connectivity index (χ3n) is 0. The van der Waals surface area contributed by atoms with E-state index >= 15 is 0 Å². The molecule has 0 aliphatic rings. The van der Waals surface area contributed by atoms with Gasteiger partial charge in [0, 0.05) is 0 Å². The zero-order chi connectivity index (χ0) is 3.58. The Kier molecular flexibility index (Phi) is 4.52. The van der Waals surface area contributed by atoms with Crippen molar-refractivity contribution < 1.29 is 0 Å². The van der Waals surface area contributed by atoms with Gasteiger partial charge in [0.25, 0.3) is 0 Å². The Balaban J connectivity index is 2.32. The first-order valence-corrected chi connectivity index (χ1v) is 11.3. The first kappa shape index (κ1) is 5.87. The standard InChI is InChI=1S/BHI2S/c1-3(2)4/h4H. The molecule has 2 radical (unpaired) electrons. The van der Waals surface area contributed by atoms with Crippen molar-refractivity contribution in [3.63, 3.8) is 0 Å². The molecule has 4 heteroatoms. The molecule has 0 spiro atoms. The normalized spacial score (nSPS) is 11.0. The molecule has 0 saturated heterocycles. The van der Waals surface area contributed by atoms with Crippen molar-refractivity contribution in [2.45, 2.75) is 0 Å². The van der Waals surface area contributed by atoms with Gasteiger partial charge < -0.3 is 0 Å². The van der Waals surface area contributed by atoms with Gasteiger partial charge in [0.1, 0.15) is 0 Å². The average Bonchev–Trinajstić information content (AvgIpc) is 0.811. The van der Waals surface area contributed by atoms with Gasteiger partial charge in [-0.1, -0.05) is 0 Å². The summed E-state index contributed by atoms with van der Waals surface area (Å²) in [5, 5.41) is 0. The Bertz CT molecular complexity index is 10.8. The summed E-state index contributed by atoms with van der Waals surface area (Å²) in [6.45, 7) is 0. The van der Waals surface area contributed by atoms with Crippen LogP contribution in [0, 0.1) is 0 Å². The molecule has 0 aromatic carbocycles. The maximum atomic E-state index is 5.12. The van der Waals surface area contributed by atoms with E-state index in [4.69, 9.17) is 5.70 Å². The van der Waals surface area contributed by atoms with Gasteiger partial charge in [-0.3, -0.25) is 0 Å². The van der Waals surface area contributed by atoms with Crippen molar-refractivity contribution in [2.24, 2.45) is 0 Å². The Morgan fingerprint density at radius 2 is 2.00 bits per heavy atom. The summed E-state index contributed by atoms with van der Waals surface area (Å²) >= 11 is 1.04. The monoisotopic (exact) mass is 298 g/mol. The van der Waals surface area contributed by atoms with Crippen molar-refractivity contribution in [3.05, 3.63) is 0 Å². The minimum atomic E-state index is -1.10. The van der Waals surface area contributed by atoms with Crippen molar-refractivity contribution in [1.29, 1.82) is 0 Å². The summed E-state index contributed by atoms with van der Waals surface area (Å²) in [6.07, 6.45) is 0. The number of hydrogen-bond acceptors (Lipinski definition) is 1. The van der Waals surface area contributed by atoms with Gasteiger partial charge in [-0.15, -0.1) is 0 Å². The topological polar surface area (TPSA) is 0 Å². The van der Waals surface area contributed by atoms with Gasteiger partial charge >= 0.3 is 48.4 Å². The second kappa shape index (κ2) is 3.08. The van der Waals surface area contributed by atoms with Crippen molar-refractivity contribution >= 4 is 48.4 Å². The molecule has 0 amide bonds. The summed E-state index contributed by atoms with van der Waals surface area (Å²) in [6, 6.07) is 0. The van der Waals surface area contributed by atoms with Crippen LogP contribution in [0.2, 0.25) is 0 Å². The quantitative estimate of drug-likeness (QED) is 0.393. The fourth-order valence-corrected chi connectivity index (χ4v) is 0. The van der Waals surface area contributed by atoms with E-state index in [9.17, 15) is 0 Å². The van der Waals surface area contributed by atoms with E-state index in [-0.39, 0.29) is 0 Å². The Morgan fingerprint density at radius 3 is 2.00 bits per heavy atom. The predicted molar refractivity (Wildman–Crippen MR) is 42.8 cm³/mol. The third-order valence-corrected chi connectivity index (χ3v) is 0. The molecule has 0 heterocycles. The molecule has 0 aromatic rings. The number of halogens is 2. The Labute approximate surface area is 47.7 Å². The van der Waals surface area contributed by atoms with Gasteiger partial charge in [-0.05, 0) is 0 Å². The fourth-order valence-electron chi connectivity index (χ4n) is 0. The first-order chi connectivity index (χ1) is 1.73. The fraction of sp³-hybridized carbons (Fsp3) is 0. The molecule has 24 valence electrons.